The molecule has 2 unspecified atom stereocenters. The van der Waals surface area contributed by atoms with E-state index in [1.165, 1.54) is 0 Å². The monoisotopic (exact) mass is 256 g/mol. The van der Waals surface area contributed by atoms with Gasteiger partial charge < -0.3 is 14.4 Å². The first-order chi connectivity index (χ1) is 8.24. The largest absolute Gasteiger partial charge is 0.495 e. The number of methoxy groups -OCH3 is 1. The number of aromatic nitrogens is 1. The van der Waals surface area contributed by atoms with Crippen LogP contribution in [0.25, 0.3) is 0 Å². The fraction of sp³-hybridized carbons (Fsp3) is 0.583. The summed E-state index contributed by atoms with van der Waals surface area (Å²) in [4.78, 5) is 6.61. The van der Waals surface area contributed by atoms with Crippen LogP contribution in [0.15, 0.2) is 18.3 Å². The van der Waals surface area contributed by atoms with Crippen LogP contribution in [0, 0.1) is 0 Å². The van der Waals surface area contributed by atoms with Gasteiger partial charge in [-0.15, -0.1) is 11.6 Å². The topological polar surface area (TPSA) is 34.6 Å². The van der Waals surface area contributed by atoms with Crippen molar-refractivity contribution in [3.8, 4) is 5.75 Å². The van der Waals surface area contributed by atoms with Gasteiger partial charge in [0, 0.05) is 6.54 Å². The average molecular weight is 257 g/mol. The van der Waals surface area contributed by atoms with Crippen molar-refractivity contribution in [3.63, 3.8) is 0 Å². The molecule has 0 bridgehead atoms. The first-order valence-electron chi connectivity index (χ1n) is 5.69. The molecule has 2 rings (SSSR count). The van der Waals surface area contributed by atoms with Gasteiger partial charge in [-0.05, 0) is 19.1 Å². The SMILES string of the molecule is COc1ccc(N2CC(CCl)OCC2C)nc1. The van der Waals surface area contributed by atoms with Gasteiger partial charge in [-0.1, -0.05) is 0 Å². The number of ether oxygens (including phenoxy) is 2. The van der Waals surface area contributed by atoms with Crippen LogP contribution in [0.2, 0.25) is 0 Å². The molecule has 1 aliphatic heterocycles. The van der Waals surface area contributed by atoms with E-state index in [4.69, 9.17) is 21.1 Å². The summed E-state index contributed by atoms with van der Waals surface area (Å²) in [5.74, 6) is 2.22. The van der Waals surface area contributed by atoms with Crippen LogP contribution in [0.3, 0.4) is 0 Å². The summed E-state index contributed by atoms with van der Waals surface area (Å²) < 4.78 is 10.7. The van der Waals surface area contributed by atoms with Crippen molar-refractivity contribution in [2.24, 2.45) is 0 Å². The Balaban J connectivity index is 2.12. The number of rotatable bonds is 3. The maximum absolute atomic E-state index is 5.84. The van der Waals surface area contributed by atoms with Crippen LogP contribution in [0.1, 0.15) is 6.92 Å². The molecular weight excluding hydrogens is 240 g/mol. The number of anilines is 1. The summed E-state index contributed by atoms with van der Waals surface area (Å²) in [6, 6.07) is 4.20. The summed E-state index contributed by atoms with van der Waals surface area (Å²) in [6.07, 6.45) is 1.81. The molecule has 2 atom stereocenters. The summed E-state index contributed by atoms with van der Waals surface area (Å²) >= 11 is 5.84. The van der Waals surface area contributed by atoms with Gasteiger partial charge in [-0.25, -0.2) is 4.98 Å². The molecule has 0 saturated carbocycles. The van der Waals surface area contributed by atoms with Gasteiger partial charge in [0.05, 0.1) is 37.9 Å². The predicted molar refractivity (Wildman–Crippen MR) is 68.1 cm³/mol. The zero-order valence-corrected chi connectivity index (χ0v) is 10.9. The third kappa shape index (κ3) is 2.82. The molecule has 4 nitrogen and oxygen atoms in total. The highest BCUT2D eigenvalue weighted by Crippen LogP contribution is 2.21. The molecule has 1 aromatic heterocycles. The second-order valence-corrected chi connectivity index (χ2v) is 4.48. The van der Waals surface area contributed by atoms with Crippen molar-refractivity contribution < 1.29 is 9.47 Å². The third-order valence-corrected chi connectivity index (χ3v) is 3.27. The van der Waals surface area contributed by atoms with E-state index >= 15 is 0 Å². The Kier molecular flexibility index (Phi) is 4.07. The van der Waals surface area contributed by atoms with E-state index in [0.717, 1.165) is 18.1 Å². The van der Waals surface area contributed by atoms with Gasteiger partial charge in [-0.2, -0.15) is 0 Å². The molecule has 5 heteroatoms. The molecule has 0 N–H and O–H groups in total. The summed E-state index contributed by atoms with van der Waals surface area (Å²) in [6.45, 7) is 3.59. The Labute approximate surface area is 106 Å². The van der Waals surface area contributed by atoms with E-state index in [9.17, 15) is 0 Å². The van der Waals surface area contributed by atoms with E-state index in [2.05, 4.69) is 16.8 Å². The first kappa shape index (κ1) is 12.5. The number of halogens is 1. The van der Waals surface area contributed by atoms with E-state index in [0.29, 0.717) is 18.5 Å². The lowest BCUT2D eigenvalue weighted by atomic mass is 10.2. The lowest BCUT2D eigenvalue weighted by molar-refractivity contribution is 0.0361. The van der Waals surface area contributed by atoms with Crippen LogP contribution in [0.5, 0.6) is 5.75 Å². The van der Waals surface area contributed by atoms with Crippen molar-refractivity contribution in [3.05, 3.63) is 18.3 Å². The molecule has 2 heterocycles. The molecule has 1 fully saturated rings. The number of alkyl halides is 1. The van der Waals surface area contributed by atoms with Crippen molar-refractivity contribution in [2.45, 2.75) is 19.1 Å². The lowest BCUT2D eigenvalue weighted by Crippen LogP contribution is -2.49. The van der Waals surface area contributed by atoms with Gasteiger partial charge in [0.25, 0.3) is 0 Å². The van der Waals surface area contributed by atoms with Crippen LogP contribution >= 0.6 is 11.6 Å². The Hall–Kier alpha value is -1.00. The average Bonchev–Trinajstić information content (AvgIpc) is 2.39. The Morgan fingerprint density at radius 1 is 1.59 bits per heavy atom. The summed E-state index contributed by atoms with van der Waals surface area (Å²) in [5.41, 5.74) is 0. The quantitative estimate of drug-likeness (QED) is 0.774. The molecule has 0 spiro atoms. The van der Waals surface area contributed by atoms with Gasteiger partial charge in [0.2, 0.25) is 0 Å². The summed E-state index contributed by atoms with van der Waals surface area (Å²) in [7, 11) is 1.64. The Morgan fingerprint density at radius 3 is 3.00 bits per heavy atom. The van der Waals surface area contributed by atoms with Gasteiger partial charge in [0.1, 0.15) is 11.6 Å². The molecule has 0 aromatic carbocycles. The lowest BCUT2D eigenvalue weighted by Gasteiger charge is -2.38. The molecule has 0 radical (unpaired) electrons. The summed E-state index contributed by atoms with van der Waals surface area (Å²) in [5, 5.41) is 0. The molecule has 1 aromatic rings. The smallest absolute Gasteiger partial charge is 0.137 e. The van der Waals surface area contributed by atoms with E-state index in [-0.39, 0.29) is 6.10 Å². The van der Waals surface area contributed by atoms with E-state index in [1.807, 2.05) is 12.1 Å². The van der Waals surface area contributed by atoms with Crippen LogP contribution < -0.4 is 9.64 Å². The van der Waals surface area contributed by atoms with Crippen molar-refractivity contribution in [1.29, 1.82) is 0 Å². The van der Waals surface area contributed by atoms with E-state index < -0.39 is 0 Å². The Bertz CT molecular complexity index is 358. The van der Waals surface area contributed by atoms with Crippen molar-refractivity contribution in [2.75, 3.05) is 31.0 Å². The number of pyridine rings is 1. The van der Waals surface area contributed by atoms with E-state index in [1.54, 1.807) is 13.3 Å². The zero-order chi connectivity index (χ0) is 12.3. The standard InChI is InChI=1S/C12H17ClN2O2/c1-9-8-17-11(5-13)7-15(9)12-4-3-10(16-2)6-14-12/h3-4,6,9,11H,5,7-8H2,1-2H3. The molecule has 94 valence electrons. The maximum Gasteiger partial charge on any atom is 0.137 e. The predicted octanol–water partition coefficient (Wildman–Crippen LogP) is 1.92. The highest BCUT2D eigenvalue weighted by Gasteiger charge is 2.26. The second kappa shape index (κ2) is 5.56. The van der Waals surface area contributed by atoms with Crippen LogP contribution in [-0.4, -0.2) is 43.3 Å². The minimum atomic E-state index is 0.0803. The zero-order valence-electron chi connectivity index (χ0n) is 10.1. The van der Waals surface area contributed by atoms with Gasteiger partial charge in [0.15, 0.2) is 0 Å². The number of hydrogen-bond acceptors (Lipinski definition) is 4. The number of nitrogens with zero attached hydrogens (tertiary/aromatic N) is 2. The fourth-order valence-corrected chi connectivity index (χ4v) is 2.08. The Morgan fingerprint density at radius 2 is 2.41 bits per heavy atom. The second-order valence-electron chi connectivity index (χ2n) is 4.17. The minimum Gasteiger partial charge on any atom is -0.495 e. The molecule has 0 aliphatic carbocycles. The molecular formula is C12H17ClN2O2. The highest BCUT2D eigenvalue weighted by molar-refractivity contribution is 6.18. The van der Waals surface area contributed by atoms with Crippen molar-refractivity contribution in [1.82, 2.24) is 4.98 Å². The first-order valence-corrected chi connectivity index (χ1v) is 6.22. The highest BCUT2D eigenvalue weighted by atomic mass is 35.5. The fourth-order valence-electron chi connectivity index (χ4n) is 1.89. The number of hydrogen-bond donors (Lipinski definition) is 0. The molecule has 0 amide bonds. The molecule has 17 heavy (non-hydrogen) atoms. The minimum absolute atomic E-state index is 0.0803. The van der Waals surface area contributed by atoms with Crippen molar-refractivity contribution >= 4 is 17.4 Å². The third-order valence-electron chi connectivity index (χ3n) is 2.93. The molecule has 1 aliphatic rings. The van der Waals surface area contributed by atoms with Gasteiger partial charge in [-0.3, -0.25) is 0 Å². The van der Waals surface area contributed by atoms with Crippen LogP contribution in [-0.2, 0) is 4.74 Å². The number of morpholine rings is 1. The normalized spacial score (nSPS) is 24.8. The molecule has 1 saturated heterocycles. The maximum atomic E-state index is 5.84. The van der Waals surface area contributed by atoms with Gasteiger partial charge >= 0.3 is 0 Å². The van der Waals surface area contributed by atoms with Crippen LogP contribution in [0.4, 0.5) is 5.82 Å².